The number of hydrogen-bond donors (Lipinski definition) is 1. The van der Waals surface area contributed by atoms with Gasteiger partial charge in [-0.3, -0.25) is 19.3 Å². The van der Waals surface area contributed by atoms with Crippen molar-refractivity contribution in [1.29, 1.82) is 0 Å². The summed E-state index contributed by atoms with van der Waals surface area (Å²) in [7, 11) is 0. The van der Waals surface area contributed by atoms with Crippen molar-refractivity contribution in [3.05, 3.63) is 16.5 Å². The fraction of sp³-hybridized carbons (Fsp3) is 0.462. The molecule has 3 rings (SSSR count). The summed E-state index contributed by atoms with van der Waals surface area (Å²) in [6, 6.07) is -0.544. The molecule has 1 fully saturated rings. The minimum absolute atomic E-state index is 0.156. The number of imide groups is 1. The number of carbonyl (C=O) groups is 3. The van der Waals surface area contributed by atoms with Crippen LogP contribution in [0, 0.1) is 0 Å². The lowest BCUT2D eigenvalue weighted by atomic mass is 10.0. The zero-order chi connectivity index (χ0) is 14.4. The summed E-state index contributed by atoms with van der Waals surface area (Å²) < 4.78 is 0. The van der Waals surface area contributed by atoms with Gasteiger partial charge in [0.2, 0.25) is 5.91 Å². The zero-order valence-corrected chi connectivity index (χ0v) is 11.9. The van der Waals surface area contributed by atoms with Crippen LogP contribution in [0.1, 0.15) is 35.7 Å². The van der Waals surface area contributed by atoms with Gasteiger partial charge in [-0.1, -0.05) is 0 Å². The first-order valence-corrected chi connectivity index (χ1v) is 7.43. The molecule has 2 aliphatic heterocycles. The number of nitrogens with two attached hydrogens (primary N) is 1. The number of piperidine rings is 1. The predicted molar refractivity (Wildman–Crippen MR) is 74.0 cm³/mol. The molecule has 1 aromatic rings. The first kappa shape index (κ1) is 13.1. The lowest BCUT2D eigenvalue weighted by Crippen LogP contribution is -2.54. The van der Waals surface area contributed by atoms with Crippen molar-refractivity contribution in [1.82, 2.24) is 9.80 Å². The Morgan fingerprint density at radius 3 is 2.80 bits per heavy atom. The van der Waals surface area contributed by atoms with E-state index >= 15 is 0 Å². The van der Waals surface area contributed by atoms with E-state index in [1.807, 2.05) is 0 Å². The Morgan fingerprint density at radius 2 is 2.15 bits per heavy atom. The fourth-order valence-corrected chi connectivity index (χ4v) is 3.64. The number of anilines is 1. The third kappa shape index (κ3) is 1.73. The third-order valence-electron chi connectivity index (χ3n) is 3.92. The van der Waals surface area contributed by atoms with Crippen LogP contribution in [0.2, 0.25) is 0 Å². The Bertz CT molecular complexity index is 610. The summed E-state index contributed by atoms with van der Waals surface area (Å²) in [5, 5.41) is 2.37. The predicted octanol–water partition coefficient (Wildman–Crippen LogP) is 0.824. The van der Waals surface area contributed by atoms with Crippen LogP contribution < -0.4 is 5.73 Å². The van der Waals surface area contributed by atoms with E-state index in [1.54, 1.807) is 17.2 Å². The summed E-state index contributed by atoms with van der Waals surface area (Å²) in [6.45, 7) is 2.48. The number of nitrogens with zero attached hydrogens (tertiary/aromatic N) is 2. The quantitative estimate of drug-likeness (QED) is 0.818. The van der Waals surface area contributed by atoms with E-state index in [2.05, 4.69) is 0 Å². The first-order valence-electron chi connectivity index (χ1n) is 6.55. The standard InChI is InChI=1S/C13H15N3O3S/c1-2-15-10(17)4-3-9(13(15)19)16-5-7-8(12(16)18)6-20-11(7)14/h6,9H,2-5,14H2,1H3. The van der Waals surface area contributed by atoms with Gasteiger partial charge in [0.1, 0.15) is 6.04 Å². The largest absolute Gasteiger partial charge is 0.390 e. The van der Waals surface area contributed by atoms with Crippen molar-refractivity contribution in [3.63, 3.8) is 0 Å². The first-order chi connectivity index (χ1) is 9.54. The number of nitrogen functional groups attached to an aromatic ring is 1. The molecule has 6 nitrogen and oxygen atoms in total. The van der Waals surface area contributed by atoms with Crippen molar-refractivity contribution in [2.45, 2.75) is 32.4 Å². The maximum Gasteiger partial charge on any atom is 0.256 e. The minimum Gasteiger partial charge on any atom is -0.390 e. The maximum atomic E-state index is 12.4. The average molecular weight is 293 g/mol. The van der Waals surface area contributed by atoms with Gasteiger partial charge in [-0.15, -0.1) is 11.3 Å². The van der Waals surface area contributed by atoms with Crippen molar-refractivity contribution in [2.75, 3.05) is 12.3 Å². The van der Waals surface area contributed by atoms with Gasteiger partial charge in [-0.2, -0.15) is 0 Å². The van der Waals surface area contributed by atoms with Gasteiger partial charge in [-0.05, 0) is 13.3 Å². The lowest BCUT2D eigenvalue weighted by molar-refractivity contribution is -0.151. The average Bonchev–Trinajstić information content (AvgIpc) is 2.93. The molecule has 7 heteroatoms. The molecule has 3 heterocycles. The summed E-state index contributed by atoms with van der Waals surface area (Å²) in [5.41, 5.74) is 7.26. The molecule has 0 spiro atoms. The molecule has 1 unspecified atom stereocenters. The molecule has 0 bridgehead atoms. The molecule has 0 radical (unpaired) electrons. The van der Waals surface area contributed by atoms with Gasteiger partial charge in [-0.25, -0.2) is 0 Å². The van der Waals surface area contributed by atoms with Gasteiger partial charge < -0.3 is 10.6 Å². The summed E-state index contributed by atoms with van der Waals surface area (Å²) in [5.74, 6) is -0.588. The third-order valence-corrected chi connectivity index (χ3v) is 4.78. The highest BCUT2D eigenvalue weighted by atomic mass is 32.1. The Kier molecular flexibility index (Phi) is 3.01. The zero-order valence-electron chi connectivity index (χ0n) is 11.1. The molecule has 0 aliphatic carbocycles. The molecular formula is C13H15N3O3S. The maximum absolute atomic E-state index is 12.4. The highest BCUT2D eigenvalue weighted by molar-refractivity contribution is 7.14. The van der Waals surface area contributed by atoms with E-state index in [0.29, 0.717) is 36.5 Å². The molecule has 1 saturated heterocycles. The normalized spacial score (nSPS) is 22.6. The van der Waals surface area contributed by atoms with Gasteiger partial charge >= 0.3 is 0 Å². The van der Waals surface area contributed by atoms with Crippen molar-refractivity contribution in [3.8, 4) is 0 Å². The summed E-state index contributed by atoms with van der Waals surface area (Å²) >= 11 is 1.35. The number of rotatable bonds is 2. The van der Waals surface area contributed by atoms with E-state index < -0.39 is 6.04 Å². The van der Waals surface area contributed by atoms with E-state index in [9.17, 15) is 14.4 Å². The molecule has 3 amide bonds. The van der Waals surface area contributed by atoms with Crippen LogP contribution >= 0.6 is 11.3 Å². The summed E-state index contributed by atoms with van der Waals surface area (Å²) in [6.07, 6.45) is 0.698. The molecule has 20 heavy (non-hydrogen) atoms. The number of hydrogen-bond acceptors (Lipinski definition) is 5. The van der Waals surface area contributed by atoms with Gasteiger partial charge in [0.05, 0.1) is 17.1 Å². The van der Waals surface area contributed by atoms with Crippen LogP contribution in [0.4, 0.5) is 5.00 Å². The molecular weight excluding hydrogens is 278 g/mol. The van der Waals surface area contributed by atoms with Crippen molar-refractivity contribution >= 4 is 34.1 Å². The van der Waals surface area contributed by atoms with Crippen LogP contribution in [-0.4, -0.2) is 40.1 Å². The molecule has 1 atom stereocenters. The molecule has 1 aromatic heterocycles. The van der Waals surface area contributed by atoms with E-state index in [-0.39, 0.29) is 17.7 Å². The monoisotopic (exact) mass is 293 g/mol. The Morgan fingerprint density at radius 1 is 1.40 bits per heavy atom. The van der Waals surface area contributed by atoms with E-state index in [4.69, 9.17) is 5.73 Å². The Labute approximate surface area is 120 Å². The van der Waals surface area contributed by atoms with Crippen molar-refractivity contribution < 1.29 is 14.4 Å². The van der Waals surface area contributed by atoms with Crippen molar-refractivity contribution in [2.24, 2.45) is 0 Å². The second kappa shape index (κ2) is 4.59. The molecule has 2 N–H and O–H groups in total. The molecule has 0 aromatic carbocycles. The van der Waals surface area contributed by atoms with Crippen LogP contribution in [0.3, 0.4) is 0 Å². The van der Waals surface area contributed by atoms with E-state index in [1.165, 1.54) is 16.2 Å². The Balaban J connectivity index is 1.86. The smallest absolute Gasteiger partial charge is 0.256 e. The second-order valence-electron chi connectivity index (χ2n) is 4.96. The minimum atomic E-state index is -0.544. The highest BCUT2D eigenvalue weighted by Crippen LogP contribution is 2.35. The topological polar surface area (TPSA) is 83.7 Å². The van der Waals surface area contributed by atoms with Crippen LogP contribution in [0.5, 0.6) is 0 Å². The van der Waals surface area contributed by atoms with Crippen LogP contribution in [-0.2, 0) is 16.1 Å². The molecule has 2 aliphatic rings. The van der Waals surface area contributed by atoms with Gasteiger partial charge in [0, 0.05) is 23.9 Å². The van der Waals surface area contributed by atoms with Gasteiger partial charge in [0.25, 0.3) is 11.8 Å². The number of carbonyl (C=O) groups excluding carboxylic acids is 3. The van der Waals surface area contributed by atoms with E-state index in [0.717, 1.165) is 5.56 Å². The lowest BCUT2D eigenvalue weighted by Gasteiger charge is -2.35. The molecule has 106 valence electrons. The number of fused-ring (bicyclic) bond motifs is 1. The van der Waals surface area contributed by atoms with Crippen LogP contribution in [0.25, 0.3) is 0 Å². The number of likely N-dealkylation sites (tertiary alicyclic amines) is 1. The number of amides is 3. The van der Waals surface area contributed by atoms with Gasteiger partial charge in [0.15, 0.2) is 0 Å². The number of thiophene rings is 1. The van der Waals surface area contributed by atoms with Crippen LogP contribution in [0.15, 0.2) is 5.38 Å². The highest BCUT2D eigenvalue weighted by Gasteiger charge is 2.42. The fourth-order valence-electron chi connectivity index (χ4n) is 2.83. The SMILES string of the molecule is CCN1C(=O)CCC(N2Cc3c(csc3N)C2=O)C1=O. The number of likely N-dealkylation sites (N-methyl/N-ethyl adjacent to an activating group) is 1. The second-order valence-corrected chi connectivity index (χ2v) is 5.87. The summed E-state index contributed by atoms with van der Waals surface area (Å²) in [4.78, 5) is 39.2. The molecule has 0 saturated carbocycles. The Hall–Kier alpha value is -1.89.